The number of nitriles is 1. The summed E-state index contributed by atoms with van der Waals surface area (Å²) in [5, 5.41) is 19.6. The normalized spacial score (nSPS) is 9.33. The van der Waals surface area contributed by atoms with Crippen LogP contribution in [0.3, 0.4) is 0 Å². The van der Waals surface area contributed by atoms with E-state index in [1.165, 1.54) is 0 Å². The summed E-state index contributed by atoms with van der Waals surface area (Å²) in [4.78, 5) is 32.1. The molecule has 18 heavy (non-hydrogen) atoms. The zero-order valence-corrected chi connectivity index (χ0v) is 9.37. The van der Waals surface area contributed by atoms with Crippen molar-refractivity contribution in [3.8, 4) is 6.07 Å². The molecule has 0 saturated carbocycles. The summed E-state index contributed by atoms with van der Waals surface area (Å²) < 4.78 is 4.68. The van der Waals surface area contributed by atoms with Crippen molar-refractivity contribution in [2.75, 3.05) is 6.61 Å². The van der Waals surface area contributed by atoms with E-state index in [1.807, 2.05) is 0 Å². The lowest BCUT2D eigenvalue weighted by atomic mass is 10.0. The van der Waals surface area contributed by atoms with Gasteiger partial charge in [0.25, 0.3) is 5.69 Å². The summed E-state index contributed by atoms with van der Waals surface area (Å²) in [6.45, 7) is 1.68. The van der Waals surface area contributed by atoms with Gasteiger partial charge in [0.1, 0.15) is 11.6 Å². The summed E-state index contributed by atoms with van der Waals surface area (Å²) in [5.74, 6) is -0.783. The fourth-order valence-corrected chi connectivity index (χ4v) is 1.34. The highest BCUT2D eigenvalue weighted by Gasteiger charge is 2.22. The zero-order valence-electron chi connectivity index (χ0n) is 9.37. The minimum atomic E-state index is -0.826. The van der Waals surface area contributed by atoms with Crippen molar-refractivity contribution in [1.29, 1.82) is 5.26 Å². The zero-order chi connectivity index (χ0) is 13.7. The van der Waals surface area contributed by atoms with Gasteiger partial charge in [-0.05, 0) is 13.0 Å². The van der Waals surface area contributed by atoms with Gasteiger partial charge in [0.05, 0.1) is 22.7 Å². The predicted octanol–water partition coefficient (Wildman–Crippen LogP) is 1.46. The minimum absolute atomic E-state index is 0.101. The van der Waals surface area contributed by atoms with Crippen molar-refractivity contribution in [1.82, 2.24) is 0 Å². The molecular formula is C11H8N2O5. The van der Waals surface area contributed by atoms with Gasteiger partial charge in [-0.1, -0.05) is 0 Å². The highest BCUT2D eigenvalue weighted by atomic mass is 16.6. The second kappa shape index (κ2) is 5.54. The van der Waals surface area contributed by atoms with Crippen LogP contribution in [0.1, 0.15) is 33.2 Å². The van der Waals surface area contributed by atoms with Crippen LogP contribution in [0, 0.1) is 21.4 Å². The number of ether oxygens (including phenoxy) is 1. The van der Waals surface area contributed by atoms with E-state index in [4.69, 9.17) is 5.26 Å². The van der Waals surface area contributed by atoms with Gasteiger partial charge >= 0.3 is 5.97 Å². The van der Waals surface area contributed by atoms with Gasteiger partial charge in [0, 0.05) is 6.07 Å². The lowest BCUT2D eigenvalue weighted by molar-refractivity contribution is -0.385. The maximum Gasteiger partial charge on any atom is 0.338 e. The molecule has 92 valence electrons. The first kappa shape index (κ1) is 13.3. The average Bonchev–Trinajstić information content (AvgIpc) is 2.37. The third-order valence-electron chi connectivity index (χ3n) is 2.10. The van der Waals surface area contributed by atoms with Gasteiger partial charge in [0.2, 0.25) is 0 Å². The Bertz CT molecular complexity index is 559. The monoisotopic (exact) mass is 248 g/mol. The molecule has 0 fully saturated rings. The second-order valence-corrected chi connectivity index (χ2v) is 3.16. The lowest BCUT2D eigenvalue weighted by Crippen LogP contribution is -2.08. The molecular weight excluding hydrogens is 240 g/mol. The van der Waals surface area contributed by atoms with Crippen LogP contribution in [0.2, 0.25) is 0 Å². The summed E-state index contributed by atoms with van der Waals surface area (Å²) in [6.07, 6.45) is 0.214. The Balaban J connectivity index is 3.47. The van der Waals surface area contributed by atoms with E-state index in [0.717, 1.165) is 12.1 Å². The van der Waals surface area contributed by atoms with Gasteiger partial charge in [-0.2, -0.15) is 5.26 Å². The third kappa shape index (κ3) is 2.49. The number of nitro benzene ring substituents is 1. The van der Waals surface area contributed by atoms with Crippen LogP contribution in [0.25, 0.3) is 0 Å². The topological polar surface area (TPSA) is 110 Å². The number of carbonyl (C=O) groups is 2. The molecule has 0 spiro atoms. The number of carbonyl (C=O) groups excluding carboxylic acids is 2. The Kier molecular flexibility index (Phi) is 4.10. The maximum atomic E-state index is 11.4. The predicted molar refractivity (Wildman–Crippen MR) is 59.2 cm³/mol. The molecule has 0 atom stereocenters. The minimum Gasteiger partial charge on any atom is -0.462 e. The Labute approximate surface area is 102 Å². The quantitative estimate of drug-likeness (QED) is 0.345. The van der Waals surface area contributed by atoms with E-state index < -0.39 is 16.6 Å². The molecule has 7 nitrogen and oxygen atoms in total. The molecule has 1 rings (SSSR count). The van der Waals surface area contributed by atoms with Crippen molar-refractivity contribution in [2.45, 2.75) is 6.92 Å². The van der Waals surface area contributed by atoms with Crippen molar-refractivity contribution >= 4 is 17.9 Å². The number of aldehydes is 1. The summed E-state index contributed by atoms with van der Waals surface area (Å²) in [6, 6.07) is 3.65. The number of nitrogens with zero attached hydrogens (tertiary/aromatic N) is 2. The number of rotatable bonds is 4. The Morgan fingerprint density at radius 3 is 2.72 bits per heavy atom. The number of nitro groups is 1. The van der Waals surface area contributed by atoms with E-state index in [2.05, 4.69) is 4.74 Å². The molecule has 7 heteroatoms. The van der Waals surface area contributed by atoms with Crippen LogP contribution in [0.5, 0.6) is 0 Å². The van der Waals surface area contributed by atoms with E-state index in [9.17, 15) is 19.7 Å². The molecule has 0 aliphatic carbocycles. The van der Waals surface area contributed by atoms with Gasteiger partial charge in [-0.25, -0.2) is 4.79 Å². The molecule has 0 amide bonds. The van der Waals surface area contributed by atoms with Gasteiger partial charge in [0.15, 0.2) is 6.29 Å². The molecule has 0 bridgehead atoms. The molecule has 0 aliphatic heterocycles. The van der Waals surface area contributed by atoms with Crippen LogP contribution in [0.4, 0.5) is 5.69 Å². The summed E-state index contributed by atoms with van der Waals surface area (Å²) in [5.41, 5.74) is -1.31. The second-order valence-electron chi connectivity index (χ2n) is 3.16. The SMILES string of the molecule is CCOC(=O)c1cc(C#N)c(C=O)c([N+](=O)[O-])c1. The fraction of sp³-hybridized carbons (Fsp3) is 0.182. The van der Waals surface area contributed by atoms with Gasteiger partial charge in [-0.15, -0.1) is 0 Å². The molecule has 1 aromatic carbocycles. The first-order valence-electron chi connectivity index (χ1n) is 4.90. The fourth-order valence-electron chi connectivity index (χ4n) is 1.34. The standard InChI is InChI=1S/C11H8N2O5/c1-2-18-11(15)7-3-8(5-12)9(6-14)10(4-7)13(16)17/h3-4,6H,2H2,1H3. The van der Waals surface area contributed by atoms with Crippen LogP contribution < -0.4 is 0 Å². The molecule has 0 aliphatic rings. The lowest BCUT2D eigenvalue weighted by Gasteiger charge is -2.04. The summed E-state index contributed by atoms with van der Waals surface area (Å²) >= 11 is 0. The van der Waals surface area contributed by atoms with Crippen LogP contribution in [-0.4, -0.2) is 23.8 Å². The molecule has 0 heterocycles. The van der Waals surface area contributed by atoms with Crippen molar-refractivity contribution in [2.24, 2.45) is 0 Å². The van der Waals surface area contributed by atoms with Crippen molar-refractivity contribution in [3.05, 3.63) is 38.9 Å². The van der Waals surface area contributed by atoms with E-state index in [1.54, 1.807) is 13.0 Å². The number of hydrogen-bond acceptors (Lipinski definition) is 6. The van der Waals surface area contributed by atoms with E-state index >= 15 is 0 Å². The first-order chi connectivity index (χ1) is 8.54. The molecule has 0 aromatic heterocycles. The highest BCUT2D eigenvalue weighted by Crippen LogP contribution is 2.23. The molecule has 0 saturated heterocycles. The van der Waals surface area contributed by atoms with Crippen LogP contribution >= 0.6 is 0 Å². The number of hydrogen-bond donors (Lipinski definition) is 0. The Morgan fingerprint density at radius 2 is 2.28 bits per heavy atom. The molecule has 0 N–H and O–H groups in total. The van der Waals surface area contributed by atoms with E-state index in [-0.39, 0.29) is 29.6 Å². The van der Waals surface area contributed by atoms with Crippen LogP contribution in [0.15, 0.2) is 12.1 Å². The number of esters is 1. The van der Waals surface area contributed by atoms with Crippen molar-refractivity contribution in [3.63, 3.8) is 0 Å². The van der Waals surface area contributed by atoms with E-state index in [0.29, 0.717) is 0 Å². The average molecular weight is 248 g/mol. The molecule has 0 unspecified atom stereocenters. The molecule has 0 radical (unpaired) electrons. The third-order valence-corrected chi connectivity index (χ3v) is 2.10. The van der Waals surface area contributed by atoms with Crippen LogP contribution in [-0.2, 0) is 4.74 Å². The first-order valence-corrected chi connectivity index (χ1v) is 4.90. The number of benzene rings is 1. The summed E-state index contributed by atoms with van der Waals surface area (Å²) in [7, 11) is 0. The van der Waals surface area contributed by atoms with Gasteiger partial charge in [-0.3, -0.25) is 14.9 Å². The Morgan fingerprint density at radius 1 is 1.61 bits per heavy atom. The maximum absolute atomic E-state index is 11.4. The van der Waals surface area contributed by atoms with Gasteiger partial charge < -0.3 is 4.74 Å². The Hall–Kier alpha value is -2.75. The largest absolute Gasteiger partial charge is 0.462 e. The highest BCUT2D eigenvalue weighted by molar-refractivity contribution is 5.94. The molecule has 1 aromatic rings. The smallest absolute Gasteiger partial charge is 0.338 e. The van der Waals surface area contributed by atoms with Crippen molar-refractivity contribution < 1.29 is 19.2 Å².